The van der Waals surface area contributed by atoms with Crippen molar-refractivity contribution in [2.24, 2.45) is 5.10 Å². The number of methoxy groups -OCH3 is 2. The first-order chi connectivity index (χ1) is 14.8. The quantitative estimate of drug-likeness (QED) is 0.444. The van der Waals surface area contributed by atoms with Crippen LogP contribution in [-0.4, -0.2) is 42.0 Å². The fourth-order valence-electron chi connectivity index (χ4n) is 3.32. The van der Waals surface area contributed by atoms with Crippen molar-refractivity contribution < 1.29 is 24.2 Å². The monoisotopic (exact) mass is 467 g/mol. The maximum absolute atomic E-state index is 12.9. The van der Waals surface area contributed by atoms with E-state index in [1.807, 2.05) is 0 Å². The van der Waals surface area contributed by atoms with E-state index in [0.29, 0.717) is 38.4 Å². The maximum Gasteiger partial charge on any atom is 0.295 e. The van der Waals surface area contributed by atoms with Crippen LogP contribution in [0.1, 0.15) is 30.5 Å². The fraction of sp³-hybridized carbons (Fsp3) is 0.300. The zero-order valence-corrected chi connectivity index (χ0v) is 18.4. The van der Waals surface area contributed by atoms with Crippen LogP contribution < -0.4 is 9.47 Å². The Bertz CT molecular complexity index is 1030. The Labute approximate surface area is 188 Å². The van der Waals surface area contributed by atoms with Gasteiger partial charge in [-0.2, -0.15) is 5.10 Å². The topological polar surface area (TPSA) is 104 Å². The molecule has 1 aliphatic rings. The SMILES string of the molecule is COc1ccc(C2=NN(C(=O)C(C)O[N+](=O)[O-])C(c3c(Cl)cccc3Cl)C2)cc1OC. The van der Waals surface area contributed by atoms with Crippen LogP contribution in [0.15, 0.2) is 41.5 Å². The molecule has 0 fully saturated rings. The van der Waals surface area contributed by atoms with Crippen molar-refractivity contribution in [2.45, 2.75) is 25.5 Å². The molecule has 3 rings (SSSR count). The molecule has 0 aromatic heterocycles. The lowest BCUT2D eigenvalue weighted by molar-refractivity contribution is -0.763. The molecule has 0 aliphatic carbocycles. The third-order valence-corrected chi connectivity index (χ3v) is 5.44. The van der Waals surface area contributed by atoms with Crippen LogP contribution in [0.4, 0.5) is 0 Å². The Morgan fingerprint density at radius 1 is 1.19 bits per heavy atom. The molecule has 2 atom stereocenters. The molecule has 0 N–H and O–H groups in total. The van der Waals surface area contributed by atoms with E-state index in [0.717, 1.165) is 5.01 Å². The average molecular weight is 468 g/mol. The second-order valence-corrected chi connectivity index (χ2v) is 7.44. The number of hydrogen-bond acceptors (Lipinski definition) is 7. The van der Waals surface area contributed by atoms with Gasteiger partial charge in [-0.3, -0.25) is 4.79 Å². The second-order valence-electron chi connectivity index (χ2n) is 6.63. The molecular weight excluding hydrogens is 449 g/mol. The van der Waals surface area contributed by atoms with Gasteiger partial charge in [0.2, 0.25) is 0 Å². The molecule has 1 amide bonds. The van der Waals surface area contributed by atoms with Crippen molar-refractivity contribution in [2.75, 3.05) is 14.2 Å². The van der Waals surface area contributed by atoms with E-state index in [1.165, 1.54) is 21.1 Å². The molecule has 2 aromatic rings. The van der Waals surface area contributed by atoms with Crippen LogP contribution in [0.2, 0.25) is 10.0 Å². The highest BCUT2D eigenvalue weighted by atomic mass is 35.5. The maximum atomic E-state index is 12.9. The number of benzene rings is 2. The molecule has 31 heavy (non-hydrogen) atoms. The Morgan fingerprint density at radius 2 is 1.84 bits per heavy atom. The van der Waals surface area contributed by atoms with Crippen LogP contribution in [0.25, 0.3) is 0 Å². The lowest BCUT2D eigenvalue weighted by atomic mass is 9.97. The van der Waals surface area contributed by atoms with Gasteiger partial charge in [0.1, 0.15) is 0 Å². The van der Waals surface area contributed by atoms with Crippen LogP contribution in [0.5, 0.6) is 11.5 Å². The molecule has 2 unspecified atom stereocenters. The molecule has 164 valence electrons. The highest BCUT2D eigenvalue weighted by molar-refractivity contribution is 6.36. The van der Waals surface area contributed by atoms with Gasteiger partial charge in [0.05, 0.1) is 26.0 Å². The predicted molar refractivity (Wildman–Crippen MR) is 114 cm³/mol. The van der Waals surface area contributed by atoms with E-state index in [2.05, 4.69) is 9.94 Å². The van der Waals surface area contributed by atoms with E-state index in [4.69, 9.17) is 32.7 Å². The molecule has 0 bridgehead atoms. The van der Waals surface area contributed by atoms with Gasteiger partial charge < -0.3 is 14.3 Å². The standard InChI is InChI=1S/C20H19Cl2N3O6/c1-11(31-25(27)28)20(26)24-16(19-13(21)5-4-6-14(19)22)10-15(23-24)12-7-8-17(29-2)18(9-12)30-3/h4-9,11,16H,10H2,1-3H3. The van der Waals surface area contributed by atoms with Gasteiger partial charge in [-0.05, 0) is 37.3 Å². The smallest absolute Gasteiger partial charge is 0.295 e. The van der Waals surface area contributed by atoms with Crippen molar-refractivity contribution in [3.05, 3.63) is 67.7 Å². The Hall–Kier alpha value is -3.04. The minimum Gasteiger partial charge on any atom is -0.493 e. The van der Waals surface area contributed by atoms with Gasteiger partial charge >= 0.3 is 0 Å². The number of halogens is 2. The average Bonchev–Trinajstić information content (AvgIpc) is 3.16. The Balaban J connectivity index is 2.04. The summed E-state index contributed by atoms with van der Waals surface area (Å²) in [5.74, 6) is 0.328. The molecular formula is C20H19Cl2N3O6. The fourth-order valence-corrected chi connectivity index (χ4v) is 3.97. The number of rotatable bonds is 7. The van der Waals surface area contributed by atoms with E-state index >= 15 is 0 Å². The summed E-state index contributed by atoms with van der Waals surface area (Å²) >= 11 is 12.8. The number of carbonyl (C=O) groups excluding carboxylic acids is 1. The third kappa shape index (κ3) is 4.67. The summed E-state index contributed by atoms with van der Waals surface area (Å²) in [6, 6.07) is 9.54. The van der Waals surface area contributed by atoms with Gasteiger partial charge in [-0.1, -0.05) is 29.3 Å². The van der Waals surface area contributed by atoms with Crippen molar-refractivity contribution >= 4 is 34.8 Å². The van der Waals surface area contributed by atoms with Crippen LogP contribution >= 0.6 is 23.2 Å². The highest BCUT2D eigenvalue weighted by Gasteiger charge is 2.38. The zero-order valence-electron chi connectivity index (χ0n) is 16.9. The number of carbonyl (C=O) groups is 1. The van der Waals surface area contributed by atoms with Gasteiger partial charge in [0.15, 0.2) is 17.6 Å². The zero-order chi connectivity index (χ0) is 22.7. The van der Waals surface area contributed by atoms with E-state index in [9.17, 15) is 14.9 Å². The first-order valence-electron chi connectivity index (χ1n) is 9.14. The molecule has 0 saturated carbocycles. The molecule has 9 nitrogen and oxygen atoms in total. The largest absolute Gasteiger partial charge is 0.493 e. The summed E-state index contributed by atoms with van der Waals surface area (Å²) < 4.78 is 10.6. The van der Waals surface area contributed by atoms with Crippen molar-refractivity contribution in [1.82, 2.24) is 5.01 Å². The van der Waals surface area contributed by atoms with Gasteiger partial charge in [-0.15, -0.1) is 10.1 Å². The van der Waals surface area contributed by atoms with Gasteiger partial charge in [-0.25, -0.2) is 5.01 Å². The minimum atomic E-state index is -1.37. The number of hydrazone groups is 1. The van der Waals surface area contributed by atoms with Gasteiger partial charge in [0, 0.05) is 27.6 Å². The molecule has 0 radical (unpaired) electrons. The van der Waals surface area contributed by atoms with Crippen LogP contribution in [0, 0.1) is 10.1 Å². The van der Waals surface area contributed by atoms with Crippen molar-refractivity contribution in [3.8, 4) is 11.5 Å². The highest BCUT2D eigenvalue weighted by Crippen LogP contribution is 2.41. The molecule has 2 aromatic carbocycles. The normalized spacial score (nSPS) is 16.5. The van der Waals surface area contributed by atoms with Gasteiger partial charge in [0.25, 0.3) is 11.0 Å². The Morgan fingerprint density at radius 3 is 2.42 bits per heavy atom. The van der Waals surface area contributed by atoms with Crippen LogP contribution in [-0.2, 0) is 9.63 Å². The first-order valence-corrected chi connectivity index (χ1v) is 9.90. The minimum absolute atomic E-state index is 0.274. The van der Waals surface area contributed by atoms with Crippen LogP contribution in [0.3, 0.4) is 0 Å². The first kappa shape index (κ1) is 22.6. The summed E-state index contributed by atoms with van der Waals surface area (Å²) in [7, 11) is 3.04. The van der Waals surface area contributed by atoms with E-state index < -0.39 is 23.1 Å². The molecule has 1 aliphatic heterocycles. The number of amides is 1. The molecule has 0 saturated heterocycles. The predicted octanol–water partition coefficient (Wildman–Crippen LogP) is 4.29. The summed E-state index contributed by atoms with van der Waals surface area (Å²) in [4.78, 5) is 28.1. The number of ether oxygens (including phenoxy) is 2. The van der Waals surface area contributed by atoms with E-state index in [-0.39, 0.29) is 6.42 Å². The third-order valence-electron chi connectivity index (χ3n) is 4.78. The molecule has 11 heteroatoms. The Kier molecular flexibility index (Phi) is 6.87. The molecule has 0 spiro atoms. The second kappa shape index (κ2) is 9.40. The lowest BCUT2D eigenvalue weighted by Gasteiger charge is -2.25. The van der Waals surface area contributed by atoms with Crippen molar-refractivity contribution in [3.63, 3.8) is 0 Å². The summed E-state index contributed by atoms with van der Waals surface area (Å²) in [5, 5.41) is 16.0. The van der Waals surface area contributed by atoms with E-state index in [1.54, 1.807) is 36.4 Å². The lowest BCUT2D eigenvalue weighted by Crippen LogP contribution is -2.37. The number of nitrogens with zero attached hydrogens (tertiary/aromatic N) is 3. The number of hydrogen-bond donors (Lipinski definition) is 0. The summed E-state index contributed by atoms with van der Waals surface area (Å²) in [5.41, 5.74) is 1.72. The van der Waals surface area contributed by atoms with Crippen molar-refractivity contribution in [1.29, 1.82) is 0 Å². The molecule has 1 heterocycles. The summed E-state index contributed by atoms with van der Waals surface area (Å²) in [6.07, 6.45) is -1.09. The summed E-state index contributed by atoms with van der Waals surface area (Å²) in [6.45, 7) is 1.28.